The molecule has 2 aliphatic carbocycles. The maximum absolute atomic E-state index is 11.9. The van der Waals surface area contributed by atoms with Gasteiger partial charge in [0.15, 0.2) is 0 Å². The molecule has 0 aromatic carbocycles. The summed E-state index contributed by atoms with van der Waals surface area (Å²) >= 11 is 0. The van der Waals surface area contributed by atoms with Crippen molar-refractivity contribution < 1.29 is 4.79 Å². The number of nitrogens with one attached hydrogen (secondary N) is 1. The van der Waals surface area contributed by atoms with E-state index in [1.807, 2.05) is 0 Å². The van der Waals surface area contributed by atoms with E-state index in [2.05, 4.69) is 5.32 Å². The lowest BCUT2D eigenvalue weighted by molar-refractivity contribution is -0.123. The van der Waals surface area contributed by atoms with Crippen molar-refractivity contribution in [1.29, 1.82) is 0 Å². The molecule has 3 N–H and O–H groups in total. The molecule has 0 radical (unpaired) electrons. The predicted molar refractivity (Wildman–Crippen MR) is 69.6 cm³/mol. The van der Waals surface area contributed by atoms with Gasteiger partial charge in [-0.2, -0.15) is 0 Å². The van der Waals surface area contributed by atoms with Crippen LogP contribution in [0.1, 0.15) is 64.2 Å². The molecule has 2 aliphatic rings. The zero-order chi connectivity index (χ0) is 12.1. The first-order chi connectivity index (χ1) is 8.24. The molecule has 17 heavy (non-hydrogen) atoms. The van der Waals surface area contributed by atoms with E-state index in [1.54, 1.807) is 0 Å². The summed E-state index contributed by atoms with van der Waals surface area (Å²) in [5, 5.41) is 3.20. The normalized spacial score (nSPS) is 31.1. The van der Waals surface area contributed by atoms with Crippen LogP contribution in [0.5, 0.6) is 0 Å². The van der Waals surface area contributed by atoms with Gasteiger partial charge in [-0.15, -0.1) is 0 Å². The van der Waals surface area contributed by atoms with Gasteiger partial charge in [0.25, 0.3) is 0 Å². The van der Waals surface area contributed by atoms with Crippen molar-refractivity contribution in [2.75, 3.05) is 0 Å². The number of amides is 1. The first-order valence-electron chi connectivity index (χ1n) is 7.29. The van der Waals surface area contributed by atoms with E-state index in [1.165, 1.54) is 44.9 Å². The highest BCUT2D eigenvalue weighted by molar-refractivity contribution is 5.76. The van der Waals surface area contributed by atoms with Gasteiger partial charge in [-0.25, -0.2) is 0 Å². The molecule has 1 amide bonds. The molecule has 0 bridgehead atoms. The minimum absolute atomic E-state index is 0.260. The van der Waals surface area contributed by atoms with E-state index in [4.69, 9.17) is 5.73 Å². The summed E-state index contributed by atoms with van der Waals surface area (Å²) < 4.78 is 0. The molecule has 2 unspecified atom stereocenters. The van der Waals surface area contributed by atoms with Crippen LogP contribution in [0.4, 0.5) is 0 Å². The highest BCUT2D eigenvalue weighted by Crippen LogP contribution is 2.26. The third kappa shape index (κ3) is 4.30. The number of hydrogen-bond donors (Lipinski definition) is 2. The summed E-state index contributed by atoms with van der Waals surface area (Å²) in [6.45, 7) is 0. The van der Waals surface area contributed by atoms with Crippen molar-refractivity contribution in [2.24, 2.45) is 11.7 Å². The molecule has 2 atom stereocenters. The molecular formula is C14H26N2O. The third-order valence-corrected chi connectivity index (χ3v) is 4.27. The molecule has 2 fully saturated rings. The van der Waals surface area contributed by atoms with Crippen LogP contribution in [0.2, 0.25) is 0 Å². The molecule has 2 saturated carbocycles. The van der Waals surface area contributed by atoms with E-state index in [-0.39, 0.29) is 5.91 Å². The van der Waals surface area contributed by atoms with Gasteiger partial charge in [-0.3, -0.25) is 4.79 Å². The Morgan fingerprint density at radius 1 is 1.06 bits per heavy atom. The van der Waals surface area contributed by atoms with Crippen LogP contribution >= 0.6 is 0 Å². The average Bonchev–Trinajstić information content (AvgIpc) is 2.30. The summed E-state index contributed by atoms with van der Waals surface area (Å²) in [5.74, 6) is 0.790. The quantitative estimate of drug-likeness (QED) is 0.793. The summed E-state index contributed by atoms with van der Waals surface area (Å²) in [7, 11) is 0. The summed E-state index contributed by atoms with van der Waals surface area (Å²) in [6.07, 6.45) is 11.5. The lowest BCUT2D eigenvalue weighted by atomic mass is 9.84. The topological polar surface area (TPSA) is 55.1 Å². The molecule has 3 heteroatoms. The van der Waals surface area contributed by atoms with E-state index >= 15 is 0 Å². The molecule has 2 rings (SSSR count). The Balaban J connectivity index is 1.68. The fraction of sp³-hybridized carbons (Fsp3) is 0.929. The highest BCUT2D eigenvalue weighted by atomic mass is 16.1. The van der Waals surface area contributed by atoms with E-state index in [0.717, 1.165) is 12.8 Å². The van der Waals surface area contributed by atoms with E-state index < -0.39 is 0 Å². The Hall–Kier alpha value is -0.570. The molecule has 0 aromatic rings. The molecular weight excluding hydrogens is 212 g/mol. The van der Waals surface area contributed by atoms with Gasteiger partial charge < -0.3 is 11.1 Å². The number of carbonyl (C=O) groups excluding carboxylic acids is 1. The van der Waals surface area contributed by atoms with Crippen molar-refractivity contribution >= 4 is 5.91 Å². The van der Waals surface area contributed by atoms with Crippen LogP contribution in [0.25, 0.3) is 0 Å². The zero-order valence-electron chi connectivity index (χ0n) is 10.8. The van der Waals surface area contributed by atoms with Crippen LogP contribution in [0.3, 0.4) is 0 Å². The molecule has 0 heterocycles. The maximum atomic E-state index is 11.9. The SMILES string of the molecule is NC1CCCC(CC(=O)NC2CCCCC2)C1. The van der Waals surface area contributed by atoms with Crippen molar-refractivity contribution in [3.63, 3.8) is 0 Å². The van der Waals surface area contributed by atoms with E-state index in [9.17, 15) is 4.79 Å². The minimum Gasteiger partial charge on any atom is -0.353 e. The van der Waals surface area contributed by atoms with Gasteiger partial charge in [-0.1, -0.05) is 25.7 Å². The monoisotopic (exact) mass is 238 g/mol. The number of carbonyl (C=O) groups is 1. The number of nitrogens with two attached hydrogens (primary N) is 1. The molecule has 3 nitrogen and oxygen atoms in total. The van der Waals surface area contributed by atoms with Gasteiger partial charge in [0.05, 0.1) is 0 Å². The summed E-state index contributed by atoms with van der Waals surface area (Å²) in [6, 6.07) is 0.782. The van der Waals surface area contributed by atoms with Crippen molar-refractivity contribution in [3.8, 4) is 0 Å². The first kappa shape index (κ1) is 12.9. The lowest BCUT2D eigenvalue weighted by Gasteiger charge is -2.28. The zero-order valence-corrected chi connectivity index (χ0v) is 10.8. The van der Waals surface area contributed by atoms with Gasteiger partial charge in [-0.05, 0) is 38.0 Å². The summed E-state index contributed by atoms with van der Waals surface area (Å²) in [5.41, 5.74) is 5.95. The van der Waals surface area contributed by atoms with Crippen molar-refractivity contribution in [3.05, 3.63) is 0 Å². The number of rotatable bonds is 3. The Morgan fingerprint density at radius 2 is 1.82 bits per heavy atom. The number of hydrogen-bond acceptors (Lipinski definition) is 2. The Labute approximate surface area is 105 Å². The lowest BCUT2D eigenvalue weighted by Crippen LogP contribution is -2.38. The molecule has 0 spiro atoms. The molecule has 0 aliphatic heterocycles. The van der Waals surface area contributed by atoms with Crippen molar-refractivity contribution in [2.45, 2.75) is 76.3 Å². The van der Waals surface area contributed by atoms with Crippen molar-refractivity contribution in [1.82, 2.24) is 5.32 Å². The van der Waals surface area contributed by atoms with Gasteiger partial charge in [0, 0.05) is 18.5 Å². The standard InChI is InChI=1S/C14H26N2O/c15-12-6-4-5-11(9-12)10-14(17)16-13-7-2-1-3-8-13/h11-13H,1-10,15H2,(H,16,17). The molecule has 98 valence electrons. The second-order valence-corrected chi connectivity index (χ2v) is 5.90. The highest BCUT2D eigenvalue weighted by Gasteiger charge is 2.23. The largest absolute Gasteiger partial charge is 0.353 e. The fourth-order valence-electron chi connectivity index (χ4n) is 3.31. The summed E-state index contributed by atoms with van der Waals surface area (Å²) in [4.78, 5) is 11.9. The minimum atomic E-state index is 0.260. The van der Waals surface area contributed by atoms with Gasteiger partial charge in [0.2, 0.25) is 5.91 Å². The van der Waals surface area contributed by atoms with Crippen LogP contribution in [0.15, 0.2) is 0 Å². The van der Waals surface area contributed by atoms with Crippen LogP contribution in [0, 0.1) is 5.92 Å². The Kier molecular flexibility index (Phi) is 4.84. The Bertz CT molecular complexity index is 249. The van der Waals surface area contributed by atoms with Crippen LogP contribution in [-0.2, 0) is 4.79 Å². The van der Waals surface area contributed by atoms with Crippen LogP contribution < -0.4 is 11.1 Å². The fourth-order valence-corrected chi connectivity index (χ4v) is 3.31. The second-order valence-electron chi connectivity index (χ2n) is 5.90. The van der Waals surface area contributed by atoms with Gasteiger partial charge >= 0.3 is 0 Å². The molecule has 0 saturated heterocycles. The maximum Gasteiger partial charge on any atom is 0.220 e. The Morgan fingerprint density at radius 3 is 2.53 bits per heavy atom. The second kappa shape index (κ2) is 6.39. The third-order valence-electron chi connectivity index (χ3n) is 4.27. The van der Waals surface area contributed by atoms with E-state index in [0.29, 0.717) is 24.4 Å². The smallest absolute Gasteiger partial charge is 0.220 e. The molecule has 0 aromatic heterocycles. The van der Waals surface area contributed by atoms with Gasteiger partial charge in [0.1, 0.15) is 0 Å². The average molecular weight is 238 g/mol. The van der Waals surface area contributed by atoms with Crippen LogP contribution in [-0.4, -0.2) is 18.0 Å². The first-order valence-corrected chi connectivity index (χ1v) is 7.29. The predicted octanol–water partition coefficient (Wildman–Crippen LogP) is 2.34.